The van der Waals surface area contributed by atoms with Gasteiger partial charge in [-0.05, 0) is 64.4 Å². The van der Waals surface area contributed by atoms with Gasteiger partial charge in [-0.15, -0.1) is 0 Å². The third-order valence-corrected chi connectivity index (χ3v) is 10.5. The molecule has 0 saturated carbocycles. The van der Waals surface area contributed by atoms with Crippen LogP contribution in [0.5, 0.6) is 11.5 Å². The molecule has 7 aromatic carbocycles. The van der Waals surface area contributed by atoms with Gasteiger partial charge >= 0.3 is 0 Å². The van der Waals surface area contributed by atoms with Crippen LogP contribution in [-0.2, 0) is 13.0 Å². The summed E-state index contributed by atoms with van der Waals surface area (Å²) in [5.41, 5.74) is 16.2. The van der Waals surface area contributed by atoms with E-state index in [9.17, 15) is 0 Å². The van der Waals surface area contributed by atoms with Gasteiger partial charge < -0.3 is 19.8 Å². The first kappa shape index (κ1) is 32.5. The molecular formula is C49H36N4O2. The Balaban J connectivity index is 0.998. The topological polar surface area (TPSA) is 74.1 Å². The van der Waals surface area contributed by atoms with E-state index in [0.717, 1.165) is 91.3 Å². The van der Waals surface area contributed by atoms with Crippen LogP contribution in [0.15, 0.2) is 186 Å². The number of allylic oxidation sites excluding steroid dienone is 1. The molecule has 0 bridgehead atoms. The Morgan fingerprint density at radius 1 is 0.618 bits per heavy atom. The van der Waals surface area contributed by atoms with Crippen molar-refractivity contribution in [3.05, 3.63) is 204 Å². The second-order valence-corrected chi connectivity index (χ2v) is 13.9. The Labute approximate surface area is 319 Å². The summed E-state index contributed by atoms with van der Waals surface area (Å²) in [5, 5.41) is 3.38. The van der Waals surface area contributed by atoms with Crippen molar-refractivity contribution in [3.8, 4) is 28.3 Å². The zero-order valence-corrected chi connectivity index (χ0v) is 30.0. The van der Waals surface area contributed by atoms with E-state index in [1.807, 2.05) is 78.9 Å². The van der Waals surface area contributed by atoms with Crippen LogP contribution < -0.4 is 15.2 Å². The number of ether oxygens (including phenoxy) is 2. The van der Waals surface area contributed by atoms with E-state index in [1.54, 1.807) is 0 Å². The Morgan fingerprint density at radius 3 is 2.18 bits per heavy atom. The van der Waals surface area contributed by atoms with Crippen LogP contribution in [0.4, 0.5) is 0 Å². The minimum atomic E-state index is 0.410. The molecular weight excluding hydrogens is 677 g/mol. The number of aryl methyl sites for hydroxylation is 1. The van der Waals surface area contributed by atoms with Gasteiger partial charge in [-0.25, -0.2) is 4.99 Å². The number of nitrogens with two attached hydrogens (primary N) is 1. The highest BCUT2D eigenvalue weighted by atomic mass is 16.6. The normalized spacial score (nSPS) is 13.9. The molecule has 10 rings (SSSR count). The minimum absolute atomic E-state index is 0.410. The Kier molecular flexibility index (Phi) is 8.07. The third-order valence-electron chi connectivity index (χ3n) is 10.5. The quantitative estimate of drug-likeness (QED) is 0.138. The molecule has 2 N–H and O–H groups in total. The first-order valence-electron chi connectivity index (χ1n) is 18.6. The van der Waals surface area contributed by atoms with Crippen molar-refractivity contribution >= 4 is 39.1 Å². The number of aliphatic imine (C=N–C) groups is 2. The van der Waals surface area contributed by atoms with Gasteiger partial charge in [-0.2, -0.15) is 0 Å². The lowest BCUT2D eigenvalue weighted by Gasteiger charge is -2.29. The molecule has 1 aromatic heterocycles. The van der Waals surface area contributed by atoms with Gasteiger partial charge in [0.2, 0.25) is 0 Å². The average molecular weight is 713 g/mol. The predicted molar refractivity (Wildman–Crippen MR) is 223 cm³/mol. The Morgan fingerprint density at radius 2 is 1.35 bits per heavy atom. The van der Waals surface area contributed by atoms with Crippen LogP contribution in [0.2, 0.25) is 0 Å². The van der Waals surface area contributed by atoms with Crippen LogP contribution in [0.25, 0.3) is 44.2 Å². The van der Waals surface area contributed by atoms with Crippen molar-refractivity contribution in [2.45, 2.75) is 19.4 Å². The summed E-state index contributed by atoms with van der Waals surface area (Å²) in [6.45, 7) is 0.510. The first-order valence-corrected chi connectivity index (χ1v) is 18.6. The highest BCUT2D eigenvalue weighted by molar-refractivity contribution is 6.11. The summed E-state index contributed by atoms with van der Waals surface area (Å²) in [6.07, 6.45) is 1.64. The zero-order chi connectivity index (χ0) is 36.7. The first-order chi connectivity index (χ1) is 27.2. The van der Waals surface area contributed by atoms with Gasteiger partial charge in [-0.1, -0.05) is 140 Å². The number of para-hydroxylation sites is 1. The Bertz CT molecular complexity index is 2830. The van der Waals surface area contributed by atoms with E-state index >= 15 is 0 Å². The molecule has 0 amide bonds. The molecule has 55 heavy (non-hydrogen) atoms. The van der Waals surface area contributed by atoms with Crippen molar-refractivity contribution in [1.29, 1.82) is 0 Å². The van der Waals surface area contributed by atoms with E-state index in [4.69, 9.17) is 25.2 Å². The van der Waals surface area contributed by atoms with Crippen molar-refractivity contribution < 1.29 is 9.47 Å². The second kappa shape index (κ2) is 13.7. The summed E-state index contributed by atoms with van der Waals surface area (Å²) in [6, 6.07) is 58.1. The molecule has 0 radical (unpaired) electrons. The van der Waals surface area contributed by atoms with E-state index < -0.39 is 0 Å². The largest absolute Gasteiger partial charge is 0.454 e. The van der Waals surface area contributed by atoms with Crippen LogP contribution >= 0.6 is 0 Å². The van der Waals surface area contributed by atoms with Gasteiger partial charge in [-0.3, -0.25) is 4.99 Å². The van der Waals surface area contributed by atoms with Crippen molar-refractivity contribution in [1.82, 2.24) is 4.57 Å². The van der Waals surface area contributed by atoms with E-state index in [2.05, 4.69) is 95.6 Å². The van der Waals surface area contributed by atoms with Crippen molar-refractivity contribution in [3.63, 3.8) is 0 Å². The monoisotopic (exact) mass is 712 g/mol. The summed E-state index contributed by atoms with van der Waals surface area (Å²) < 4.78 is 15.8. The molecule has 1 aliphatic carbocycles. The smallest absolute Gasteiger partial charge is 0.190 e. The minimum Gasteiger partial charge on any atom is -0.454 e. The average Bonchev–Trinajstić information content (AvgIpc) is 3.60. The lowest BCUT2D eigenvalue weighted by Crippen LogP contribution is -2.19. The number of nitrogens with zero attached hydrogens (tertiary/aromatic N) is 3. The molecule has 0 unspecified atom stereocenters. The molecule has 8 aromatic rings. The number of aromatic nitrogens is 1. The van der Waals surface area contributed by atoms with Gasteiger partial charge in [0.15, 0.2) is 23.1 Å². The number of hydrogen-bond acceptors (Lipinski definition) is 3. The van der Waals surface area contributed by atoms with Crippen LogP contribution in [0, 0.1) is 0 Å². The molecule has 6 nitrogen and oxygen atoms in total. The van der Waals surface area contributed by atoms with E-state index in [-0.39, 0.29) is 0 Å². The predicted octanol–water partition coefficient (Wildman–Crippen LogP) is 10.9. The highest BCUT2D eigenvalue weighted by Gasteiger charge is 2.34. The number of fused-ring (bicyclic) bond motifs is 7. The van der Waals surface area contributed by atoms with Crippen molar-refractivity contribution in [2.75, 3.05) is 0 Å². The van der Waals surface area contributed by atoms with Crippen LogP contribution in [0.3, 0.4) is 0 Å². The van der Waals surface area contributed by atoms with Gasteiger partial charge in [0.25, 0.3) is 0 Å². The molecule has 2 aliphatic rings. The molecule has 6 heteroatoms. The fourth-order valence-electron chi connectivity index (χ4n) is 7.76. The zero-order valence-electron chi connectivity index (χ0n) is 30.0. The number of amidine groups is 2. The lowest BCUT2D eigenvalue weighted by molar-refractivity contribution is 0.328. The van der Waals surface area contributed by atoms with E-state index in [1.165, 1.54) is 10.9 Å². The highest BCUT2D eigenvalue weighted by Crippen LogP contribution is 2.48. The Hall–Kier alpha value is -7.18. The summed E-state index contributed by atoms with van der Waals surface area (Å²) in [7, 11) is 0. The van der Waals surface area contributed by atoms with Crippen LogP contribution in [0.1, 0.15) is 34.4 Å². The second-order valence-electron chi connectivity index (χ2n) is 13.9. The number of benzene rings is 7. The maximum Gasteiger partial charge on any atom is 0.190 e. The van der Waals surface area contributed by atoms with Crippen LogP contribution in [-0.4, -0.2) is 16.2 Å². The maximum atomic E-state index is 6.89. The molecule has 264 valence electrons. The molecule has 2 heterocycles. The number of rotatable bonds is 6. The third kappa shape index (κ3) is 5.94. The summed E-state index contributed by atoms with van der Waals surface area (Å²) in [5.74, 6) is 4.19. The summed E-state index contributed by atoms with van der Waals surface area (Å²) >= 11 is 0. The molecule has 0 spiro atoms. The molecule has 0 fully saturated rings. The number of hydrogen-bond donors (Lipinski definition) is 1. The maximum absolute atomic E-state index is 6.89. The standard InChI is InChI=1S/C49H36N4O2/c50-48(52-49(35-15-5-2-6-16-35)51-31-32-12-3-1-4-13-32)37-18-11-17-36(30-37)33-22-25-38(26-23-33)53-42-21-10-9-20-40(42)41-27-29-44-47(45(41)53)55-46-39-19-8-7-14-34(39)24-28-43(46)54-44/h1-26,28,30H,27,29,31H2,(H2,50,51,52). The summed E-state index contributed by atoms with van der Waals surface area (Å²) in [4.78, 5) is 9.74. The molecule has 0 atom stereocenters. The SMILES string of the molecule is NC(=NC(=NCc1ccccc1)c1ccccc1)c1cccc(-c2ccc(-n3c4c(c5ccccc53)CCC3=C4Oc4c(ccc5ccccc45)O3)cc2)c1. The lowest BCUT2D eigenvalue weighted by atomic mass is 9.97. The van der Waals surface area contributed by atoms with Gasteiger partial charge in [0, 0.05) is 34.0 Å². The fraction of sp³-hybridized carbons (Fsp3) is 0.0612. The van der Waals surface area contributed by atoms with Gasteiger partial charge in [0.1, 0.15) is 11.6 Å². The van der Waals surface area contributed by atoms with E-state index in [0.29, 0.717) is 18.2 Å². The van der Waals surface area contributed by atoms with Crippen molar-refractivity contribution in [2.24, 2.45) is 15.7 Å². The molecule has 0 saturated heterocycles. The fourth-order valence-corrected chi connectivity index (χ4v) is 7.76. The van der Waals surface area contributed by atoms with Gasteiger partial charge in [0.05, 0.1) is 17.8 Å². The molecule has 1 aliphatic heterocycles.